The van der Waals surface area contributed by atoms with Gasteiger partial charge in [-0.15, -0.1) is 0 Å². The van der Waals surface area contributed by atoms with E-state index in [9.17, 15) is 30.4 Å². The summed E-state index contributed by atoms with van der Waals surface area (Å²) in [6.07, 6.45) is -6.24. The molecule has 0 aliphatic carbocycles. The van der Waals surface area contributed by atoms with Gasteiger partial charge in [0.25, 0.3) is 0 Å². The Kier molecular flexibility index (Phi) is 4.91. The van der Waals surface area contributed by atoms with Gasteiger partial charge >= 0.3 is 40.4 Å². The fraction of sp³-hybridized carbons (Fsp3) is 1.00. The summed E-state index contributed by atoms with van der Waals surface area (Å²) in [5.41, 5.74) is 0. The number of hydrogen-bond donors (Lipinski definition) is 1. The van der Waals surface area contributed by atoms with Crippen LogP contribution in [0.1, 0.15) is 1.43 Å². The molecule has 0 unspecified atom stereocenters. The van der Waals surface area contributed by atoms with Gasteiger partial charge in [0.2, 0.25) is 0 Å². The topological polar surface area (TPSA) is 69.4 Å². The van der Waals surface area contributed by atoms with E-state index in [4.69, 9.17) is 0 Å². The molecule has 13 heavy (non-hydrogen) atoms. The van der Waals surface area contributed by atoms with Crippen molar-refractivity contribution in [3.05, 3.63) is 0 Å². The minimum Gasteiger partial charge on any atom is -1.00 e. The van der Waals surface area contributed by atoms with E-state index in [2.05, 4.69) is 10.2 Å². The van der Waals surface area contributed by atoms with Gasteiger partial charge in [-0.1, -0.05) is 0 Å². The largest absolute Gasteiger partial charge is 1.00 e. The molecule has 0 saturated heterocycles. The van der Waals surface area contributed by atoms with E-state index in [0.717, 1.165) is 0 Å². The third kappa shape index (κ3) is 2.78. The SMILES string of the molecule is NOS(=O)(=O)C(F)(F)C(F)(F)F.[H-].[Li+]. The molecule has 0 radical (unpaired) electrons. The van der Waals surface area contributed by atoms with Crippen molar-refractivity contribution < 1.29 is 54.9 Å². The molecule has 0 aromatic heterocycles. The molecule has 0 atom stereocenters. The molecule has 0 aliphatic heterocycles. The van der Waals surface area contributed by atoms with Crippen LogP contribution in [0.15, 0.2) is 0 Å². The van der Waals surface area contributed by atoms with Crippen LogP contribution in [0.2, 0.25) is 0 Å². The summed E-state index contributed by atoms with van der Waals surface area (Å²) in [7, 11) is -6.14. The molecule has 0 rings (SSSR count). The predicted octanol–water partition coefficient (Wildman–Crippen LogP) is -2.52. The molecule has 0 amide bonds. The maximum atomic E-state index is 11.8. The molecule has 0 aromatic rings. The van der Waals surface area contributed by atoms with Crippen LogP contribution >= 0.6 is 0 Å². The first-order valence-electron chi connectivity index (χ1n) is 2.13. The van der Waals surface area contributed by atoms with Gasteiger partial charge in [0.15, 0.2) is 0 Å². The van der Waals surface area contributed by atoms with Gasteiger partial charge in [0.1, 0.15) is 0 Å². The van der Waals surface area contributed by atoms with Gasteiger partial charge in [-0.2, -0.15) is 40.6 Å². The second-order valence-electron chi connectivity index (χ2n) is 1.56. The van der Waals surface area contributed by atoms with Crippen LogP contribution in [0.4, 0.5) is 22.0 Å². The zero-order valence-corrected chi connectivity index (χ0v) is 6.92. The number of alkyl halides is 5. The first-order valence-corrected chi connectivity index (χ1v) is 3.54. The molecule has 0 bridgehead atoms. The van der Waals surface area contributed by atoms with Crippen molar-refractivity contribution in [2.75, 3.05) is 0 Å². The van der Waals surface area contributed by atoms with Crippen LogP contribution in [-0.4, -0.2) is 19.8 Å². The van der Waals surface area contributed by atoms with Crippen molar-refractivity contribution in [3.8, 4) is 0 Å². The Balaban J connectivity index is -0.000000605. The molecule has 2 N–H and O–H groups in total. The van der Waals surface area contributed by atoms with E-state index < -0.39 is 21.5 Å². The van der Waals surface area contributed by atoms with Gasteiger partial charge < -0.3 is 1.43 Å². The van der Waals surface area contributed by atoms with Crippen molar-refractivity contribution >= 4 is 10.1 Å². The van der Waals surface area contributed by atoms with Gasteiger partial charge in [-0.25, -0.2) is 0 Å². The van der Waals surface area contributed by atoms with Gasteiger partial charge in [-0.3, -0.25) is 0 Å². The van der Waals surface area contributed by atoms with Crippen LogP contribution in [0.3, 0.4) is 0 Å². The summed E-state index contributed by atoms with van der Waals surface area (Å²) in [6.45, 7) is 0. The van der Waals surface area contributed by atoms with E-state index in [-0.39, 0.29) is 20.3 Å². The molecule has 11 heteroatoms. The van der Waals surface area contributed by atoms with Gasteiger partial charge in [0, 0.05) is 0 Å². The molecule has 0 heterocycles. The van der Waals surface area contributed by atoms with Gasteiger partial charge in [-0.05, 0) is 0 Å². The first-order chi connectivity index (χ1) is 5.06. The quantitative estimate of drug-likeness (QED) is 0.318. The maximum Gasteiger partial charge on any atom is 1.00 e. The zero-order valence-electron chi connectivity index (χ0n) is 7.10. The summed E-state index contributed by atoms with van der Waals surface area (Å²) in [5, 5.41) is -5.99. The number of rotatable bonds is 2. The second-order valence-corrected chi connectivity index (χ2v) is 3.18. The minimum atomic E-state index is -6.24. The van der Waals surface area contributed by atoms with E-state index in [1.807, 2.05) is 0 Å². The summed E-state index contributed by atoms with van der Waals surface area (Å²) in [4.78, 5) is 0. The van der Waals surface area contributed by atoms with Crippen LogP contribution in [0.25, 0.3) is 0 Å². The Morgan fingerprint density at radius 2 is 1.46 bits per heavy atom. The molecule has 0 saturated carbocycles. The van der Waals surface area contributed by atoms with Crippen molar-refractivity contribution in [3.63, 3.8) is 0 Å². The summed E-state index contributed by atoms with van der Waals surface area (Å²) < 4.78 is 79.6. The summed E-state index contributed by atoms with van der Waals surface area (Å²) >= 11 is 0. The monoisotopic (exact) mass is 223 g/mol. The van der Waals surface area contributed by atoms with Crippen LogP contribution < -0.4 is 24.8 Å². The number of halogens is 5. The molecule has 0 fully saturated rings. The molecule has 4 nitrogen and oxygen atoms in total. The molecule has 76 valence electrons. The third-order valence-electron chi connectivity index (χ3n) is 0.771. The first kappa shape index (κ1) is 15.6. The standard InChI is InChI=1S/C2H2F5NO3S.Li.H/c3-1(4,5)2(6,7)12(9,10)11-8;;/h8H2;;/q;+1;-1. The molecule has 0 aromatic carbocycles. The Hall–Kier alpha value is 0.117. The van der Waals surface area contributed by atoms with Gasteiger partial charge in [0.05, 0.1) is 0 Å². The number of hydrogen-bond acceptors (Lipinski definition) is 4. The molecular formula is C2H3F5LiNO3S. The van der Waals surface area contributed by atoms with Crippen molar-refractivity contribution in [2.24, 2.45) is 5.90 Å². The van der Waals surface area contributed by atoms with E-state index >= 15 is 0 Å². The van der Waals surface area contributed by atoms with Crippen LogP contribution in [0, 0.1) is 0 Å². The maximum absolute atomic E-state index is 11.8. The van der Waals surface area contributed by atoms with Crippen molar-refractivity contribution in [1.29, 1.82) is 0 Å². The normalized spacial score (nSPS) is 13.7. The summed E-state index contributed by atoms with van der Waals surface area (Å²) in [6, 6.07) is 0. The zero-order chi connectivity index (χ0) is 10.2. The predicted molar refractivity (Wildman–Crippen MR) is 26.3 cm³/mol. The fourth-order valence-electron chi connectivity index (χ4n) is 0.202. The van der Waals surface area contributed by atoms with Crippen LogP contribution in [-0.2, 0) is 14.4 Å². The Bertz CT molecular complexity index is 265. The fourth-order valence-corrected chi connectivity index (χ4v) is 0.606. The smallest absolute Gasteiger partial charge is 1.00 e. The average Bonchev–Trinajstić information content (AvgIpc) is 1.85. The van der Waals surface area contributed by atoms with E-state index in [0.29, 0.717) is 0 Å². The second kappa shape index (κ2) is 4.10. The molecule has 0 spiro atoms. The molecule has 0 aliphatic rings. The third-order valence-corrected chi connectivity index (χ3v) is 1.88. The Labute approximate surface area is 83.0 Å². The van der Waals surface area contributed by atoms with Crippen molar-refractivity contribution in [2.45, 2.75) is 11.4 Å². The van der Waals surface area contributed by atoms with E-state index in [1.165, 1.54) is 0 Å². The van der Waals surface area contributed by atoms with Crippen molar-refractivity contribution in [1.82, 2.24) is 0 Å². The number of nitrogens with two attached hydrogens (primary N) is 1. The molecular weight excluding hydrogens is 220 g/mol. The summed E-state index contributed by atoms with van der Waals surface area (Å²) in [5.74, 6) is 3.72. The Morgan fingerprint density at radius 3 is 1.54 bits per heavy atom. The Morgan fingerprint density at radius 1 is 1.15 bits per heavy atom. The van der Waals surface area contributed by atoms with E-state index in [1.54, 1.807) is 0 Å². The van der Waals surface area contributed by atoms with Crippen LogP contribution in [0.5, 0.6) is 0 Å². The minimum absolute atomic E-state index is 0. The average molecular weight is 223 g/mol.